The number of fused-ring (bicyclic) bond motifs is 5. The second-order valence-electron chi connectivity index (χ2n) is 10.6. The molecular weight excluding hydrogens is 454 g/mol. The smallest absolute Gasteiger partial charge is 0.306 e. The molecule has 4 aliphatic carbocycles. The van der Waals surface area contributed by atoms with E-state index in [0.29, 0.717) is 6.42 Å². The van der Waals surface area contributed by atoms with Gasteiger partial charge in [-0.2, -0.15) is 0 Å². The number of halogens is 3. The molecule has 3 saturated carbocycles. The molecule has 0 spiro atoms. The fraction of sp³-hybridized carbons (Fsp3) is 0.720. The number of ether oxygens (including phenoxy) is 1. The molecule has 4 aliphatic rings. The zero-order valence-electron chi connectivity index (χ0n) is 19.4. The van der Waals surface area contributed by atoms with E-state index in [0.717, 1.165) is 6.08 Å². The molecule has 0 heterocycles. The lowest BCUT2D eigenvalue weighted by atomic mass is 9.44. The Labute approximate surface area is 197 Å². The van der Waals surface area contributed by atoms with Crippen LogP contribution in [0.3, 0.4) is 0 Å². The number of alkyl halides is 3. The van der Waals surface area contributed by atoms with Crippen molar-refractivity contribution < 1.29 is 33.0 Å². The Hall–Kier alpha value is -1.60. The summed E-state index contributed by atoms with van der Waals surface area (Å²) in [4.78, 5) is 37.7. The van der Waals surface area contributed by atoms with Gasteiger partial charge >= 0.3 is 5.97 Å². The molecule has 182 valence electrons. The quantitative estimate of drug-likeness (QED) is 0.481. The lowest BCUT2D eigenvalue weighted by molar-refractivity contribution is -0.230. The van der Waals surface area contributed by atoms with E-state index in [1.807, 2.05) is 0 Å². The van der Waals surface area contributed by atoms with Crippen molar-refractivity contribution in [3.8, 4) is 0 Å². The summed E-state index contributed by atoms with van der Waals surface area (Å²) < 4.78 is 38.5. The summed E-state index contributed by atoms with van der Waals surface area (Å²) in [6, 6.07) is 0. The molecule has 0 amide bonds. The van der Waals surface area contributed by atoms with Gasteiger partial charge < -0.3 is 9.84 Å². The van der Waals surface area contributed by atoms with Crippen LogP contribution in [0.25, 0.3) is 0 Å². The zero-order valence-corrected chi connectivity index (χ0v) is 20.1. The molecule has 0 bridgehead atoms. The molecule has 4 rings (SSSR count). The monoisotopic (exact) mass is 484 g/mol. The molecule has 0 aromatic carbocycles. The Bertz CT molecular complexity index is 964. The van der Waals surface area contributed by atoms with E-state index in [4.69, 9.17) is 16.3 Å². The fourth-order valence-corrected chi connectivity index (χ4v) is 7.94. The highest BCUT2D eigenvalue weighted by Gasteiger charge is 2.77. The van der Waals surface area contributed by atoms with Gasteiger partial charge in [0.25, 0.3) is 0 Å². The number of hydrogen-bond donors (Lipinski definition) is 1. The van der Waals surface area contributed by atoms with Crippen LogP contribution >= 0.6 is 11.6 Å². The summed E-state index contributed by atoms with van der Waals surface area (Å²) in [7, 11) is 0. The van der Waals surface area contributed by atoms with Gasteiger partial charge in [0.05, 0.1) is 12.0 Å². The number of carbonyl (C=O) groups is 3. The van der Waals surface area contributed by atoms with Crippen LogP contribution in [0.5, 0.6) is 0 Å². The molecule has 0 aromatic rings. The maximum Gasteiger partial charge on any atom is 0.306 e. The van der Waals surface area contributed by atoms with E-state index in [1.165, 1.54) is 19.1 Å². The Morgan fingerprint density at radius 1 is 1.27 bits per heavy atom. The Morgan fingerprint density at radius 3 is 2.55 bits per heavy atom. The Balaban J connectivity index is 1.88. The second-order valence-corrected chi connectivity index (χ2v) is 10.9. The number of ketones is 2. The van der Waals surface area contributed by atoms with Gasteiger partial charge in [-0.3, -0.25) is 14.4 Å². The van der Waals surface area contributed by atoms with Crippen LogP contribution in [0.4, 0.5) is 8.78 Å². The summed E-state index contributed by atoms with van der Waals surface area (Å²) in [6.45, 7) is 6.64. The number of aliphatic hydroxyl groups is 1. The average molecular weight is 485 g/mol. The van der Waals surface area contributed by atoms with Crippen LogP contribution < -0.4 is 0 Å². The van der Waals surface area contributed by atoms with Crippen LogP contribution in [-0.4, -0.2) is 52.1 Å². The van der Waals surface area contributed by atoms with Gasteiger partial charge in [-0.15, -0.1) is 11.6 Å². The van der Waals surface area contributed by atoms with Crippen LogP contribution in [0.1, 0.15) is 53.4 Å². The maximum atomic E-state index is 17.2. The summed E-state index contributed by atoms with van der Waals surface area (Å²) in [5.74, 6) is -3.84. The molecule has 0 radical (unpaired) electrons. The van der Waals surface area contributed by atoms with E-state index < -0.39 is 75.5 Å². The molecule has 9 atom stereocenters. The SMILES string of the molecule is CCC(=O)O[C@@]1(C(=O)CCl)[C@H](C)C[C@H]2[C@@H]3C[C@H](F)C4=CC(=O)C=C[C@]4(C)[C@@]3(F)[C@@H](O)C[C@@]21C. The first-order valence-corrected chi connectivity index (χ1v) is 12.1. The minimum Gasteiger partial charge on any atom is -0.450 e. The average Bonchev–Trinajstić information content (AvgIpc) is 2.98. The number of rotatable bonds is 4. The standard InChI is InChI=1S/C25H31ClF2O5/c1-5-21(32)33-25(20(31)12-26)13(2)8-15-16-10-18(27)17-9-14(29)6-7-22(17,3)24(16,28)19(30)11-23(15,25)4/h6-7,9,13,15-16,18-19,30H,5,8,10-12H2,1-4H3/t13-,15+,16+,18+,19+,22+,23+,24+,25-/m1/s1. The van der Waals surface area contributed by atoms with Gasteiger partial charge in [-0.05, 0) is 49.8 Å². The number of Topliss-reactive ketones (excluding diaryl/α,β-unsaturated/α-hetero) is 1. The zero-order chi connectivity index (χ0) is 24.6. The third kappa shape index (κ3) is 2.87. The molecule has 8 heteroatoms. The number of esters is 1. The van der Waals surface area contributed by atoms with Crippen molar-refractivity contribution >= 4 is 29.1 Å². The molecule has 3 fully saturated rings. The van der Waals surface area contributed by atoms with Crippen LogP contribution in [0, 0.1) is 28.6 Å². The highest BCUT2D eigenvalue weighted by atomic mass is 35.5. The predicted molar refractivity (Wildman–Crippen MR) is 118 cm³/mol. The van der Waals surface area contributed by atoms with Gasteiger partial charge in [-0.25, -0.2) is 8.78 Å². The van der Waals surface area contributed by atoms with Crippen molar-refractivity contribution in [2.45, 2.75) is 76.9 Å². The molecule has 0 saturated heterocycles. The fourth-order valence-electron chi connectivity index (χ4n) is 7.74. The minimum atomic E-state index is -2.25. The lowest BCUT2D eigenvalue weighted by Crippen LogP contribution is -2.71. The number of hydrogen-bond acceptors (Lipinski definition) is 5. The molecule has 0 aromatic heterocycles. The summed E-state index contributed by atoms with van der Waals surface area (Å²) >= 11 is 5.97. The summed E-state index contributed by atoms with van der Waals surface area (Å²) in [6.07, 6.45) is 0.584. The molecule has 33 heavy (non-hydrogen) atoms. The maximum absolute atomic E-state index is 17.2. The van der Waals surface area contributed by atoms with Crippen molar-refractivity contribution in [1.29, 1.82) is 0 Å². The highest BCUT2D eigenvalue weighted by molar-refractivity contribution is 6.29. The molecular formula is C25H31ClF2O5. The van der Waals surface area contributed by atoms with E-state index in [9.17, 15) is 19.5 Å². The van der Waals surface area contributed by atoms with Gasteiger partial charge in [0.15, 0.2) is 22.8 Å². The van der Waals surface area contributed by atoms with Crippen molar-refractivity contribution in [1.82, 2.24) is 0 Å². The normalized spacial score (nSPS) is 48.4. The van der Waals surface area contributed by atoms with Crippen LogP contribution in [0.15, 0.2) is 23.8 Å². The van der Waals surface area contributed by atoms with Crippen molar-refractivity contribution in [3.05, 3.63) is 23.8 Å². The Morgan fingerprint density at radius 2 is 1.94 bits per heavy atom. The topological polar surface area (TPSA) is 80.7 Å². The minimum absolute atomic E-state index is 0.0431. The molecule has 1 N–H and O–H groups in total. The summed E-state index contributed by atoms with van der Waals surface area (Å²) in [5, 5.41) is 11.4. The van der Waals surface area contributed by atoms with Crippen molar-refractivity contribution in [3.63, 3.8) is 0 Å². The largest absolute Gasteiger partial charge is 0.450 e. The van der Waals surface area contributed by atoms with Crippen molar-refractivity contribution in [2.75, 3.05) is 5.88 Å². The first kappa shape index (κ1) is 24.5. The second kappa shape index (κ2) is 7.70. The summed E-state index contributed by atoms with van der Waals surface area (Å²) in [5.41, 5.74) is -6.47. The molecule has 0 aliphatic heterocycles. The van der Waals surface area contributed by atoms with Crippen molar-refractivity contribution in [2.24, 2.45) is 28.6 Å². The first-order chi connectivity index (χ1) is 15.3. The number of aliphatic hydroxyl groups excluding tert-OH is 1. The van der Waals surface area contributed by atoms with Gasteiger partial charge in [0.1, 0.15) is 6.17 Å². The van der Waals surface area contributed by atoms with E-state index >= 15 is 8.78 Å². The third-order valence-electron chi connectivity index (χ3n) is 9.27. The highest BCUT2D eigenvalue weighted by Crippen LogP contribution is 2.71. The van der Waals surface area contributed by atoms with Gasteiger partial charge in [-0.1, -0.05) is 26.8 Å². The lowest BCUT2D eigenvalue weighted by Gasteiger charge is -2.63. The van der Waals surface area contributed by atoms with E-state index in [2.05, 4.69) is 0 Å². The van der Waals surface area contributed by atoms with E-state index in [1.54, 1.807) is 20.8 Å². The molecule has 5 nitrogen and oxygen atoms in total. The number of allylic oxidation sites excluding steroid dienone is 4. The van der Waals surface area contributed by atoms with Gasteiger partial charge in [0.2, 0.25) is 0 Å². The van der Waals surface area contributed by atoms with Crippen LogP contribution in [0.2, 0.25) is 0 Å². The van der Waals surface area contributed by atoms with Crippen LogP contribution in [-0.2, 0) is 19.1 Å². The predicted octanol–water partition coefficient (Wildman–Crippen LogP) is 4.05. The Kier molecular flexibility index (Phi) is 5.73. The molecule has 0 unspecified atom stereocenters. The first-order valence-electron chi connectivity index (χ1n) is 11.6. The van der Waals surface area contributed by atoms with Gasteiger partial charge in [0, 0.05) is 29.1 Å². The third-order valence-corrected chi connectivity index (χ3v) is 9.51. The number of carbonyl (C=O) groups excluding carboxylic acids is 3. The van der Waals surface area contributed by atoms with E-state index in [-0.39, 0.29) is 24.8 Å².